The van der Waals surface area contributed by atoms with E-state index in [0.29, 0.717) is 17.7 Å². The Kier molecular flexibility index (Phi) is 7.37. The molecule has 2 N–H and O–H groups in total. The predicted octanol–water partition coefficient (Wildman–Crippen LogP) is 3.78. The molecule has 0 radical (unpaired) electrons. The molecule has 0 unspecified atom stereocenters. The summed E-state index contributed by atoms with van der Waals surface area (Å²) in [6, 6.07) is 20.5. The Morgan fingerprint density at radius 2 is 1.19 bits per heavy atom. The summed E-state index contributed by atoms with van der Waals surface area (Å²) in [5.41, 5.74) is 7.65. The number of ether oxygens (including phenoxy) is 2. The zero-order chi connectivity index (χ0) is 22.9. The summed E-state index contributed by atoms with van der Waals surface area (Å²) in [4.78, 5) is 36.0. The molecule has 7 heteroatoms. The van der Waals surface area contributed by atoms with Crippen molar-refractivity contribution < 1.29 is 23.9 Å². The van der Waals surface area contributed by atoms with Gasteiger partial charge in [-0.3, -0.25) is 20.4 Å². The van der Waals surface area contributed by atoms with Crippen molar-refractivity contribution in [1.29, 1.82) is 0 Å². The van der Waals surface area contributed by atoms with Gasteiger partial charge in [-0.1, -0.05) is 36.9 Å². The van der Waals surface area contributed by atoms with Crippen LogP contribution >= 0.6 is 0 Å². The van der Waals surface area contributed by atoms with Gasteiger partial charge < -0.3 is 9.47 Å². The third-order valence-electron chi connectivity index (χ3n) is 4.56. The lowest BCUT2D eigenvalue weighted by Gasteiger charge is -2.09. The first-order chi connectivity index (χ1) is 15.5. The highest BCUT2D eigenvalue weighted by Crippen LogP contribution is 2.23. The van der Waals surface area contributed by atoms with Crippen molar-refractivity contribution in [3.63, 3.8) is 0 Å². The number of carbonyl (C=O) groups excluding carboxylic acids is 3. The fraction of sp³-hybridized carbons (Fsp3) is 0.0800. The van der Waals surface area contributed by atoms with E-state index in [1.807, 2.05) is 36.4 Å². The number of nitrogens with one attached hydrogen (secondary N) is 2. The smallest absolute Gasteiger partial charge is 0.337 e. The molecular formula is C25H22N2O5. The van der Waals surface area contributed by atoms with Gasteiger partial charge in [0, 0.05) is 11.1 Å². The van der Waals surface area contributed by atoms with Crippen LogP contribution < -0.4 is 15.6 Å². The van der Waals surface area contributed by atoms with Crippen LogP contribution in [0.25, 0.3) is 11.1 Å². The van der Waals surface area contributed by atoms with Crippen LogP contribution in [0.15, 0.2) is 85.5 Å². The molecule has 3 rings (SSSR count). The van der Waals surface area contributed by atoms with Crippen LogP contribution in [-0.2, 0) is 4.74 Å². The normalized spacial score (nSPS) is 10.0. The molecule has 7 nitrogen and oxygen atoms in total. The molecule has 3 aromatic rings. The first kappa shape index (κ1) is 22.3. The molecule has 0 atom stereocenters. The highest BCUT2D eigenvalue weighted by Gasteiger charge is 2.11. The Balaban J connectivity index is 1.57. The van der Waals surface area contributed by atoms with Gasteiger partial charge in [0.1, 0.15) is 12.4 Å². The van der Waals surface area contributed by atoms with Crippen LogP contribution in [0.5, 0.6) is 5.75 Å². The average molecular weight is 430 g/mol. The van der Waals surface area contributed by atoms with Crippen molar-refractivity contribution in [2.24, 2.45) is 0 Å². The molecule has 0 heterocycles. The Morgan fingerprint density at radius 3 is 1.66 bits per heavy atom. The molecule has 0 aliphatic carbocycles. The fourth-order valence-electron chi connectivity index (χ4n) is 2.85. The van der Waals surface area contributed by atoms with Gasteiger partial charge in [-0.15, -0.1) is 0 Å². The maximum absolute atomic E-state index is 12.3. The van der Waals surface area contributed by atoms with Gasteiger partial charge in [0.2, 0.25) is 0 Å². The summed E-state index contributed by atoms with van der Waals surface area (Å²) < 4.78 is 10.1. The van der Waals surface area contributed by atoms with Gasteiger partial charge in [0.05, 0.1) is 12.7 Å². The second kappa shape index (κ2) is 10.6. The summed E-state index contributed by atoms with van der Waals surface area (Å²) in [6.45, 7) is 4.06. The second-order valence-corrected chi connectivity index (χ2v) is 6.68. The molecular weight excluding hydrogens is 408 g/mol. The third-order valence-corrected chi connectivity index (χ3v) is 4.56. The third kappa shape index (κ3) is 5.60. The molecule has 0 saturated carbocycles. The van der Waals surface area contributed by atoms with Crippen LogP contribution in [-0.4, -0.2) is 31.5 Å². The number of hydrogen-bond donors (Lipinski definition) is 2. The molecule has 3 aromatic carbocycles. The second-order valence-electron chi connectivity index (χ2n) is 6.68. The van der Waals surface area contributed by atoms with Crippen molar-refractivity contribution in [1.82, 2.24) is 10.9 Å². The minimum atomic E-state index is -0.509. The number of benzene rings is 3. The first-order valence-corrected chi connectivity index (χ1v) is 9.75. The van der Waals surface area contributed by atoms with Crippen LogP contribution in [0.2, 0.25) is 0 Å². The molecule has 2 amide bonds. The molecule has 0 spiro atoms. The summed E-state index contributed by atoms with van der Waals surface area (Å²) in [7, 11) is 1.28. The van der Waals surface area contributed by atoms with E-state index >= 15 is 0 Å². The number of hydrogen-bond acceptors (Lipinski definition) is 5. The number of carbonyl (C=O) groups is 3. The van der Waals surface area contributed by atoms with Crippen molar-refractivity contribution in [3.05, 3.63) is 102 Å². The van der Waals surface area contributed by atoms with E-state index in [1.165, 1.54) is 31.4 Å². The zero-order valence-electron chi connectivity index (χ0n) is 17.5. The van der Waals surface area contributed by atoms with Crippen LogP contribution in [0.3, 0.4) is 0 Å². The van der Waals surface area contributed by atoms with E-state index in [1.54, 1.807) is 18.2 Å². The maximum atomic E-state index is 12.3. The summed E-state index contributed by atoms with van der Waals surface area (Å²) in [5.74, 6) is -0.708. The number of methoxy groups -OCH3 is 1. The minimum absolute atomic E-state index is 0.286. The van der Waals surface area contributed by atoms with E-state index in [9.17, 15) is 14.4 Å². The van der Waals surface area contributed by atoms with Gasteiger partial charge in [0.25, 0.3) is 11.8 Å². The van der Waals surface area contributed by atoms with Crippen LogP contribution in [0.4, 0.5) is 0 Å². The lowest BCUT2D eigenvalue weighted by atomic mass is 10.0. The Morgan fingerprint density at radius 1 is 0.750 bits per heavy atom. The predicted molar refractivity (Wildman–Crippen MR) is 120 cm³/mol. The Bertz CT molecular complexity index is 1100. The molecule has 162 valence electrons. The molecule has 0 aliphatic rings. The maximum Gasteiger partial charge on any atom is 0.337 e. The molecule has 0 aliphatic heterocycles. The number of esters is 1. The number of hydrazine groups is 1. The highest BCUT2D eigenvalue weighted by molar-refractivity contribution is 6.00. The Hall–Kier alpha value is -4.39. The Labute approximate surface area is 185 Å². The lowest BCUT2D eigenvalue weighted by Crippen LogP contribution is -2.41. The van der Waals surface area contributed by atoms with Gasteiger partial charge in [-0.05, 0) is 59.7 Å². The fourth-order valence-corrected chi connectivity index (χ4v) is 2.85. The molecule has 0 aromatic heterocycles. The highest BCUT2D eigenvalue weighted by atomic mass is 16.5. The lowest BCUT2D eigenvalue weighted by molar-refractivity contribution is 0.0600. The van der Waals surface area contributed by atoms with Gasteiger partial charge in [0.15, 0.2) is 0 Å². The van der Waals surface area contributed by atoms with Gasteiger partial charge in [-0.2, -0.15) is 0 Å². The topological polar surface area (TPSA) is 93.7 Å². The van der Waals surface area contributed by atoms with Crippen molar-refractivity contribution in [3.8, 4) is 16.9 Å². The summed E-state index contributed by atoms with van der Waals surface area (Å²) in [5, 5.41) is 0. The van der Waals surface area contributed by atoms with Crippen molar-refractivity contribution in [2.45, 2.75) is 0 Å². The van der Waals surface area contributed by atoms with E-state index in [-0.39, 0.29) is 5.56 Å². The summed E-state index contributed by atoms with van der Waals surface area (Å²) in [6.07, 6.45) is 1.68. The van der Waals surface area contributed by atoms with E-state index in [2.05, 4.69) is 22.2 Å². The molecule has 0 saturated heterocycles. The van der Waals surface area contributed by atoms with Crippen LogP contribution in [0.1, 0.15) is 31.1 Å². The number of rotatable bonds is 7. The van der Waals surface area contributed by atoms with Crippen molar-refractivity contribution >= 4 is 17.8 Å². The van der Waals surface area contributed by atoms with Crippen molar-refractivity contribution in [2.75, 3.05) is 13.7 Å². The van der Waals surface area contributed by atoms with E-state index in [0.717, 1.165) is 16.9 Å². The number of amides is 2. The zero-order valence-corrected chi connectivity index (χ0v) is 17.5. The largest absolute Gasteiger partial charge is 0.490 e. The standard InChI is InChI=1S/C25H22N2O5/c1-3-16-32-22-14-12-18(13-15-22)17-4-6-19(7-5-17)23(28)26-27-24(29)20-8-10-21(11-9-20)25(30)31-2/h3-15H,1,16H2,2H3,(H,26,28)(H,27,29). The van der Waals surface area contributed by atoms with Gasteiger partial charge >= 0.3 is 5.97 Å². The van der Waals surface area contributed by atoms with E-state index in [4.69, 9.17) is 4.74 Å². The molecule has 0 fully saturated rings. The average Bonchev–Trinajstić information content (AvgIpc) is 2.85. The molecule has 32 heavy (non-hydrogen) atoms. The molecule has 0 bridgehead atoms. The van der Waals surface area contributed by atoms with Crippen LogP contribution in [0, 0.1) is 0 Å². The quantitative estimate of drug-likeness (QED) is 0.338. The first-order valence-electron chi connectivity index (χ1n) is 9.75. The van der Waals surface area contributed by atoms with E-state index < -0.39 is 17.8 Å². The monoisotopic (exact) mass is 430 g/mol. The SMILES string of the molecule is C=CCOc1ccc(-c2ccc(C(=O)NNC(=O)c3ccc(C(=O)OC)cc3)cc2)cc1. The minimum Gasteiger partial charge on any atom is -0.490 e. The van der Waals surface area contributed by atoms with Gasteiger partial charge in [-0.25, -0.2) is 4.79 Å². The summed E-state index contributed by atoms with van der Waals surface area (Å²) >= 11 is 0.